The van der Waals surface area contributed by atoms with E-state index in [0.717, 1.165) is 16.1 Å². The Balaban J connectivity index is 2.64. The fraction of sp³-hybridized carbons (Fsp3) is 0.417. The van der Waals surface area contributed by atoms with E-state index in [1.54, 1.807) is 0 Å². The normalized spacial score (nSPS) is 12.1. The van der Waals surface area contributed by atoms with Gasteiger partial charge in [-0.25, -0.2) is 0 Å². The zero-order valence-electron chi connectivity index (χ0n) is 8.96. The molecule has 0 aliphatic heterocycles. The van der Waals surface area contributed by atoms with Crippen LogP contribution in [0.4, 0.5) is 0 Å². The van der Waals surface area contributed by atoms with E-state index in [9.17, 15) is 0 Å². The van der Waals surface area contributed by atoms with Gasteiger partial charge in [0.15, 0.2) is 0 Å². The van der Waals surface area contributed by atoms with Crippen molar-refractivity contribution in [3.05, 3.63) is 28.2 Å². The van der Waals surface area contributed by atoms with Crippen LogP contribution in [0.15, 0.2) is 27.6 Å². The third kappa shape index (κ3) is 3.89. The second-order valence-electron chi connectivity index (χ2n) is 3.58. The van der Waals surface area contributed by atoms with Crippen LogP contribution in [0.25, 0.3) is 0 Å². The molecule has 0 saturated heterocycles. The van der Waals surface area contributed by atoms with Crippen molar-refractivity contribution in [3.8, 4) is 6.07 Å². The lowest BCUT2D eigenvalue weighted by Gasteiger charge is -2.08. The van der Waals surface area contributed by atoms with E-state index >= 15 is 0 Å². The summed E-state index contributed by atoms with van der Waals surface area (Å²) in [5.74, 6) is 1.87. The highest BCUT2D eigenvalue weighted by Crippen LogP contribution is 2.26. The van der Waals surface area contributed by atoms with E-state index in [1.165, 1.54) is 11.3 Å². The number of rotatable bonds is 4. The molecule has 0 heterocycles. The summed E-state index contributed by atoms with van der Waals surface area (Å²) < 4.78 is 0.888. The second kappa shape index (κ2) is 6.19. The first-order chi connectivity index (χ1) is 7.17. The summed E-state index contributed by atoms with van der Waals surface area (Å²) in [7, 11) is 0. The molecule has 1 aromatic carbocycles. The van der Waals surface area contributed by atoms with Crippen molar-refractivity contribution in [1.29, 1.82) is 5.26 Å². The van der Waals surface area contributed by atoms with Gasteiger partial charge in [-0.05, 0) is 40.0 Å². The molecule has 0 spiro atoms. The van der Waals surface area contributed by atoms with Gasteiger partial charge in [-0.1, -0.05) is 20.3 Å². The molecule has 1 unspecified atom stereocenters. The second-order valence-corrected chi connectivity index (χ2v) is 5.53. The van der Waals surface area contributed by atoms with E-state index in [4.69, 9.17) is 5.26 Å². The number of benzene rings is 1. The highest BCUT2D eigenvalue weighted by Gasteiger charge is 2.03. The van der Waals surface area contributed by atoms with Crippen molar-refractivity contribution in [3.63, 3.8) is 0 Å². The van der Waals surface area contributed by atoms with Gasteiger partial charge in [-0.3, -0.25) is 0 Å². The van der Waals surface area contributed by atoms with E-state index in [0.29, 0.717) is 5.56 Å². The van der Waals surface area contributed by atoms with E-state index in [-0.39, 0.29) is 0 Å². The van der Waals surface area contributed by atoms with Crippen LogP contribution < -0.4 is 0 Å². The van der Waals surface area contributed by atoms with E-state index < -0.39 is 0 Å². The molecule has 0 fully saturated rings. The number of halogens is 1. The van der Waals surface area contributed by atoms with Gasteiger partial charge in [0.1, 0.15) is 6.07 Å². The summed E-state index contributed by atoms with van der Waals surface area (Å²) in [5.41, 5.74) is 0.697. The Kier molecular flexibility index (Phi) is 5.21. The molecular formula is C12H14BrNS. The maximum atomic E-state index is 8.78. The molecule has 0 amide bonds. The van der Waals surface area contributed by atoms with Crippen molar-refractivity contribution in [1.82, 2.24) is 0 Å². The Bertz CT molecular complexity index is 370. The molecule has 0 N–H and O–H groups in total. The van der Waals surface area contributed by atoms with Crippen molar-refractivity contribution >= 4 is 27.7 Å². The molecule has 3 heteroatoms. The van der Waals surface area contributed by atoms with Crippen molar-refractivity contribution in [2.24, 2.45) is 5.92 Å². The topological polar surface area (TPSA) is 23.8 Å². The summed E-state index contributed by atoms with van der Waals surface area (Å²) in [4.78, 5) is 1.22. The molecule has 0 aliphatic carbocycles. The summed E-state index contributed by atoms with van der Waals surface area (Å²) in [6.07, 6.45) is 1.21. The molecule has 1 atom stereocenters. The molecule has 0 aliphatic rings. The van der Waals surface area contributed by atoms with Gasteiger partial charge in [0, 0.05) is 15.1 Å². The van der Waals surface area contributed by atoms with Crippen LogP contribution in [0.1, 0.15) is 25.8 Å². The third-order valence-corrected chi connectivity index (χ3v) is 4.27. The van der Waals surface area contributed by atoms with Gasteiger partial charge in [-0.15, -0.1) is 11.8 Å². The maximum Gasteiger partial charge on any atom is 0.100 e. The van der Waals surface area contributed by atoms with Crippen LogP contribution in [0, 0.1) is 17.2 Å². The lowest BCUT2D eigenvalue weighted by Crippen LogP contribution is -1.94. The molecular weight excluding hydrogens is 270 g/mol. The van der Waals surface area contributed by atoms with Crippen LogP contribution in [0.2, 0.25) is 0 Å². The summed E-state index contributed by atoms with van der Waals surface area (Å²) in [5, 5.41) is 8.78. The number of hydrogen-bond acceptors (Lipinski definition) is 2. The minimum atomic E-state index is 0.697. The number of nitriles is 1. The number of thioether (sulfide) groups is 1. The van der Waals surface area contributed by atoms with Crippen molar-refractivity contribution in [2.75, 3.05) is 5.75 Å². The molecule has 0 saturated carbocycles. The Morgan fingerprint density at radius 3 is 2.80 bits per heavy atom. The van der Waals surface area contributed by atoms with Gasteiger partial charge in [0.25, 0.3) is 0 Å². The minimum Gasteiger partial charge on any atom is -0.192 e. The minimum absolute atomic E-state index is 0.697. The van der Waals surface area contributed by atoms with Crippen LogP contribution in [-0.4, -0.2) is 5.75 Å². The molecule has 80 valence electrons. The van der Waals surface area contributed by atoms with Gasteiger partial charge in [0.05, 0.1) is 5.56 Å². The van der Waals surface area contributed by atoms with Gasteiger partial charge in [-0.2, -0.15) is 5.26 Å². The van der Waals surface area contributed by atoms with Crippen molar-refractivity contribution < 1.29 is 0 Å². The quantitative estimate of drug-likeness (QED) is 0.762. The molecule has 0 bridgehead atoms. The number of nitrogens with zero attached hydrogens (tertiary/aromatic N) is 1. The average Bonchev–Trinajstić information content (AvgIpc) is 2.26. The predicted octanol–water partition coefficient (Wildman–Crippen LogP) is 4.46. The lowest BCUT2D eigenvalue weighted by atomic mass is 10.2. The fourth-order valence-corrected chi connectivity index (χ4v) is 2.73. The monoisotopic (exact) mass is 283 g/mol. The number of hydrogen-bond donors (Lipinski definition) is 0. The standard InChI is InChI=1S/C12H14BrNS/c1-3-9(2)8-15-11-5-4-10(7-14)12(13)6-11/h4-6,9H,3,8H2,1-2H3. The molecule has 1 rings (SSSR count). The Hall–Kier alpha value is -0.460. The molecule has 0 radical (unpaired) electrons. The fourth-order valence-electron chi connectivity index (χ4n) is 1.03. The van der Waals surface area contributed by atoms with Crippen LogP contribution in [-0.2, 0) is 0 Å². The highest BCUT2D eigenvalue weighted by molar-refractivity contribution is 9.10. The van der Waals surface area contributed by atoms with Crippen LogP contribution in [0.5, 0.6) is 0 Å². The van der Waals surface area contributed by atoms with E-state index in [1.807, 2.05) is 30.0 Å². The first-order valence-corrected chi connectivity index (χ1v) is 6.77. The molecule has 1 aromatic rings. The zero-order chi connectivity index (χ0) is 11.3. The first kappa shape index (κ1) is 12.6. The highest BCUT2D eigenvalue weighted by atomic mass is 79.9. The van der Waals surface area contributed by atoms with E-state index in [2.05, 4.69) is 35.8 Å². The van der Waals surface area contributed by atoms with Gasteiger partial charge in [0.2, 0.25) is 0 Å². The predicted molar refractivity (Wildman–Crippen MR) is 69.0 cm³/mol. The van der Waals surface area contributed by atoms with Gasteiger partial charge < -0.3 is 0 Å². The summed E-state index contributed by atoms with van der Waals surface area (Å²) >= 11 is 5.24. The van der Waals surface area contributed by atoms with Crippen molar-refractivity contribution in [2.45, 2.75) is 25.2 Å². The Morgan fingerprint density at radius 2 is 2.27 bits per heavy atom. The molecule has 0 aromatic heterocycles. The largest absolute Gasteiger partial charge is 0.192 e. The van der Waals surface area contributed by atoms with Crippen LogP contribution >= 0.6 is 27.7 Å². The van der Waals surface area contributed by atoms with Gasteiger partial charge >= 0.3 is 0 Å². The average molecular weight is 284 g/mol. The smallest absolute Gasteiger partial charge is 0.100 e. The molecule has 1 nitrogen and oxygen atoms in total. The first-order valence-electron chi connectivity index (χ1n) is 4.99. The Labute approximate surface area is 104 Å². The lowest BCUT2D eigenvalue weighted by molar-refractivity contribution is 0.637. The maximum absolute atomic E-state index is 8.78. The summed E-state index contributed by atoms with van der Waals surface area (Å²) in [6, 6.07) is 8.04. The SMILES string of the molecule is CCC(C)CSc1ccc(C#N)c(Br)c1. The zero-order valence-corrected chi connectivity index (χ0v) is 11.4. The Morgan fingerprint density at radius 1 is 1.53 bits per heavy atom. The van der Waals surface area contributed by atoms with Crippen LogP contribution in [0.3, 0.4) is 0 Å². The summed E-state index contributed by atoms with van der Waals surface area (Å²) in [6.45, 7) is 4.46. The third-order valence-electron chi connectivity index (χ3n) is 2.29. The molecule has 15 heavy (non-hydrogen) atoms.